The second-order valence-electron chi connectivity index (χ2n) is 5.54. The van der Waals surface area contributed by atoms with Crippen LogP contribution in [0.3, 0.4) is 0 Å². The van der Waals surface area contributed by atoms with Gasteiger partial charge in [0.25, 0.3) is 0 Å². The van der Waals surface area contributed by atoms with E-state index in [9.17, 15) is 4.79 Å². The van der Waals surface area contributed by atoms with Crippen LogP contribution in [0.25, 0.3) is 0 Å². The molecule has 0 radical (unpaired) electrons. The zero-order valence-electron chi connectivity index (χ0n) is 14.1. The number of rotatable bonds is 14. The van der Waals surface area contributed by atoms with Crippen molar-refractivity contribution >= 4 is 5.97 Å². The summed E-state index contributed by atoms with van der Waals surface area (Å²) in [7, 11) is 1.45. The van der Waals surface area contributed by atoms with Crippen molar-refractivity contribution < 1.29 is 9.53 Å². The summed E-state index contributed by atoms with van der Waals surface area (Å²) in [5.74, 6) is -0.0983. The van der Waals surface area contributed by atoms with Crippen LogP contribution in [0, 0.1) is 0 Å². The van der Waals surface area contributed by atoms with Gasteiger partial charge in [-0.2, -0.15) is 0 Å². The maximum Gasteiger partial charge on any atom is 0.305 e. The molecule has 0 fully saturated rings. The highest BCUT2D eigenvalue weighted by Crippen LogP contribution is 2.06. The molecule has 0 aliphatic heterocycles. The minimum atomic E-state index is -0.0983. The molecule has 122 valence electrons. The molecule has 0 amide bonds. The summed E-state index contributed by atoms with van der Waals surface area (Å²) in [4.78, 5) is 10.9. The zero-order chi connectivity index (χ0) is 15.6. The number of hydrogen-bond donors (Lipinski definition) is 0. The van der Waals surface area contributed by atoms with Crippen molar-refractivity contribution in [2.45, 2.75) is 84.0 Å². The van der Waals surface area contributed by atoms with Crippen molar-refractivity contribution in [3.8, 4) is 0 Å². The molecular weight excluding hydrogens is 260 g/mol. The number of hydrogen-bond acceptors (Lipinski definition) is 2. The molecule has 0 atom stereocenters. The molecule has 0 aliphatic carbocycles. The molecule has 0 saturated heterocycles. The highest BCUT2D eigenvalue weighted by Gasteiger charge is 1.97. The topological polar surface area (TPSA) is 26.3 Å². The van der Waals surface area contributed by atoms with Gasteiger partial charge in [0.1, 0.15) is 0 Å². The van der Waals surface area contributed by atoms with E-state index in [0.717, 1.165) is 32.1 Å². The van der Waals surface area contributed by atoms with E-state index in [-0.39, 0.29) is 5.97 Å². The van der Waals surface area contributed by atoms with E-state index in [2.05, 4.69) is 36.0 Å². The van der Waals surface area contributed by atoms with Crippen molar-refractivity contribution in [2.24, 2.45) is 0 Å². The van der Waals surface area contributed by atoms with Gasteiger partial charge >= 0.3 is 5.97 Å². The normalized spacial score (nSPS) is 11.5. The van der Waals surface area contributed by atoms with Crippen LogP contribution in [-0.2, 0) is 9.53 Å². The zero-order valence-corrected chi connectivity index (χ0v) is 14.1. The molecule has 0 heterocycles. The Morgan fingerprint density at radius 2 is 1.29 bits per heavy atom. The van der Waals surface area contributed by atoms with E-state index < -0.39 is 0 Å². The van der Waals surface area contributed by atoms with Gasteiger partial charge in [0.15, 0.2) is 0 Å². The summed E-state index contributed by atoms with van der Waals surface area (Å²) in [6.07, 6.45) is 23.1. The second-order valence-corrected chi connectivity index (χ2v) is 5.54. The molecule has 2 heteroatoms. The summed E-state index contributed by atoms with van der Waals surface area (Å²) in [6, 6.07) is 0. The van der Waals surface area contributed by atoms with E-state index in [1.807, 2.05) is 0 Å². The molecule has 21 heavy (non-hydrogen) atoms. The van der Waals surface area contributed by atoms with Crippen LogP contribution in [0.15, 0.2) is 24.3 Å². The molecule has 0 spiro atoms. The number of esters is 1. The fraction of sp³-hybridized carbons (Fsp3) is 0.737. The number of carbonyl (C=O) groups excluding carboxylic acids is 1. The molecular formula is C19H34O2. The maximum atomic E-state index is 10.9. The standard InChI is InChI=1S/C19H34O2/c1-3-4-5-6-7-8-9-10-11-12-13-14-15-16-17-18-19(20)21-2/h9-10,13-14H,3-8,11-12,15-18H2,1-2H3/b10-9-,14-13-. The third kappa shape index (κ3) is 16.9. The number of methoxy groups -OCH3 is 1. The van der Waals surface area contributed by atoms with Gasteiger partial charge in [-0.25, -0.2) is 0 Å². The molecule has 0 unspecified atom stereocenters. The largest absolute Gasteiger partial charge is 0.469 e. The SMILES string of the molecule is CCCCCCC/C=C\CC/C=C\CCCCC(=O)OC. The Hall–Kier alpha value is -1.05. The van der Waals surface area contributed by atoms with Gasteiger partial charge in [-0.1, -0.05) is 56.9 Å². The lowest BCUT2D eigenvalue weighted by Gasteiger charge is -1.97. The van der Waals surface area contributed by atoms with Crippen molar-refractivity contribution in [1.82, 2.24) is 0 Å². The molecule has 0 aliphatic rings. The van der Waals surface area contributed by atoms with Gasteiger partial charge in [-0.15, -0.1) is 0 Å². The summed E-state index contributed by atoms with van der Waals surface area (Å²) in [5, 5.41) is 0. The molecule has 0 saturated carbocycles. The second kappa shape index (κ2) is 17.0. The van der Waals surface area contributed by atoms with Crippen LogP contribution < -0.4 is 0 Å². The Morgan fingerprint density at radius 1 is 0.762 bits per heavy atom. The lowest BCUT2D eigenvalue weighted by atomic mass is 10.1. The molecule has 0 aromatic heterocycles. The number of carbonyl (C=O) groups is 1. The Labute approximate surface area is 131 Å². The van der Waals surface area contributed by atoms with Crippen molar-refractivity contribution in [3.05, 3.63) is 24.3 Å². The third-order valence-electron chi connectivity index (χ3n) is 3.54. The van der Waals surface area contributed by atoms with Gasteiger partial charge in [-0.3, -0.25) is 4.79 Å². The van der Waals surface area contributed by atoms with Crippen LogP contribution in [0.1, 0.15) is 84.0 Å². The minimum absolute atomic E-state index is 0.0983. The van der Waals surface area contributed by atoms with Gasteiger partial charge in [0.2, 0.25) is 0 Å². The lowest BCUT2D eigenvalue weighted by molar-refractivity contribution is -0.140. The monoisotopic (exact) mass is 294 g/mol. The van der Waals surface area contributed by atoms with Crippen LogP contribution >= 0.6 is 0 Å². The summed E-state index contributed by atoms with van der Waals surface area (Å²) in [5.41, 5.74) is 0. The van der Waals surface area contributed by atoms with Crippen molar-refractivity contribution in [1.29, 1.82) is 0 Å². The molecule has 0 aromatic rings. The van der Waals surface area contributed by atoms with E-state index in [1.54, 1.807) is 0 Å². The summed E-state index contributed by atoms with van der Waals surface area (Å²) in [6.45, 7) is 2.26. The molecule has 0 N–H and O–H groups in total. The fourth-order valence-corrected chi connectivity index (χ4v) is 2.16. The van der Waals surface area contributed by atoms with Gasteiger partial charge in [0.05, 0.1) is 7.11 Å². The number of allylic oxidation sites excluding steroid dienone is 4. The first-order valence-corrected chi connectivity index (χ1v) is 8.68. The highest BCUT2D eigenvalue weighted by atomic mass is 16.5. The first-order valence-electron chi connectivity index (χ1n) is 8.68. The first-order chi connectivity index (χ1) is 10.3. The van der Waals surface area contributed by atoms with Gasteiger partial charge in [-0.05, 0) is 44.9 Å². The van der Waals surface area contributed by atoms with E-state index in [4.69, 9.17) is 0 Å². The first kappa shape index (κ1) is 19.9. The Bertz CT molecular complexity index is 279. The van der Waals surface area contributed by atoms with Crippen LogP contribution in [-0.4, -0.2) is 13.1 Å². The molecule has 0 rings (SSSR count). The summed E-state index contributed by atoms with van der Waals surface area (Å²) >= 11 is 0. The minimum Gasteiger partial charge on any atom is -0.469 e. The van der Waals surface area contributed by atoms with Gasteiger partial charge < -0.3 is 4.74 Å². The molecule has 0 bridgehead atoms. The average Bonchev–Trinajstić information content (AvgIpc) is 2.50. The highest BCUT2D eigenvalue weighted by molar-refractivity contribution is 5.68. The quantitative estimate of drug-likeness (QED) is 0.224. The number of ether oxygens (including phenoxy) is 1. The van der Waals surface area contributed by atoms with Crippen LogP contribution in [0.2, 0.25) is 0 Å². The third-order valence-corrected chi connectivity index (χ3v) is 3.54. The lowest BCUT2D eigenvalue weighted by Crippen LogP contribution is -1.98. The maximum absolute atomic E-state index is 10.9. The van der Waals surface area contributed by atoms with Crippen molar-refractivity contribution in [2.75, 3.05) is 7.11 Å². The Kier molecular flexibility index (Phi) is 16.2. The predicted molar refractivity (Wildman–Crippen MR) is 91.4 cm³/mol. The van der Waals surface area contributed by atoms with E-state index in [0.29, 0.717) is 6.42 Å². The molecule has 0 aromatic carbocycles. The van der Waals surface area contributed by atoms with Crippen LogP contribution in [0.5, 0.6) is 0 Å². The van der Waals surface area contributed by atoms with E-state index >= 15 is 0 Å². The van der Waals surface area contributed by atoms with Crippen molar-refractivity contribution in [3.63, 3.8) is 0 Å². The van der Waals surface area contributed by atoms with Gasteiger partial charge in [0, 0.05) is 6.42 Å². The van der Waals surface area contributed by atoms with E-state index in [1.165, 1.54) is 45.6 Å². The Morgan fingerprint density at radius 3 is 1.86 bits per heavy atom. The predicted octanol–water partition coefficient (Wildman–Crippen LogP) is 5.97. The smallest absolute Gasteiger partial charge is 0.305 e. The molecule has 2 nitrogen and oxygen atoms in total. The summed E-state index contributed by atoms with van der Waals surface area (Å²) < 4.78 is 4.60. The van der Waals surface area contributed by atoms with Crippen LogP contribution in [0.4, 0.5) is 0 Å². The number of unbranched alkanes of at least 4 members (excludes halogenated alkanes) is 8. The fourth-order valence-electron chi connectivity index (χ4n) is 2.16. The Balaban J connectivity index is 3.22. The average molecular weight is 294 g/mol.